The Labute approximate surface area is 176 Å². The number of carbonyl (C=O) groups excluding carboxylic acids is 1. The van der Waals surface area contributed by atoms with Gasteiger partial charge in [0.15, 0.2) is 5.82 Å². The first kappa shape index (κ1) is 19.8. The van der Waals surface area contributed by atoms with Gasteiger partial charge in [0.1, 0.15) is 17.3 Å². The first-order chi connectivity index (χ1) is 14.6. The zero-order valence-electron chi connectivity index (χ0n) is 16.4. The number of thiazole rings is 1. The normalized spacial score (nSPS) is 10.9. The number of halogens is 1. The van der Waals surface area contributed by atoms with E-state index in [0.717, 1.165) is 5.69 Å². The van der Waals surface area contributed by atoms with Crippen LogP contribution < -0.4 is 14.8 Å². The van der Waals surface area contributed by atoms with E-state index in [1.54, 1.807) is 42.0 Å². The standard InChI is InChI=1S/C21H19FN4O3S/c1-28-16-6-7-17(18(11-16)29-2)20(27)23-9-8-15-12-30-21-24-19(25-26(15)21)13-4-3-5-14(22)10-13/h3-7,10-12H,8-9H2,1-2H3,(H,23,27). The van der Waals surface area contributed by atoms with E-state index < -0.39 is 0 Å². The van der Waals surface area contributed by atoms with Gasteiger partial charge in [0.05, 0.1) is 25.5 Å². The lowest BCUT2D eigenvalue weighted by molar-refractivity contribution is 0.0951. The van der Waals surface area contributed by atoms with Crippen LogP contribution in [-0.4, -0.2) is 41.3 Å². The van der Waals surface area contributed by atoms with Crippen molar-refractivity contribution in [1.29, 1.82) is 0 Å². The topological polar surface area (TPSA) is 77.8 Å². The van der Waals surface area contributed by atoms with E-state index in [1.807, 2.05) is 5.38 Å². The summed E-state index contributed by atoms with van der Waals surface area (Å²) in [6.07, 6.45) is 0.566. The highest BCUT2D eigenvalue weighted by Crippen LogP contribution is 2.25. The van der Waals surface area contributed by atoms with Gasteiger partial charge in [-0.15, -0.1) is 16.4 Å². The maximum absolute atomic E-state index is 13.5. The Hall–Kier alpha value is -3.46. The molecule has 2 aromatic carbocycles. The number of fused-ring (bicyclic) bond motifs is 1. The molecule has 0 spiro atoms. The minimum Gasteiger partial charge on any atom is -0.497 e. The summed E-state index contributed by atoms with van der Waals surface area (Å²) in [6.45, 7) is 0.412. The first-order valence-corrected chi connectivity index (χ1v) is 10.1. The smallest absolute Gasteiger partial charge is 0.255 e. The van der Waals surface area contributed by atoms with Crippen molar-refractivity contribution in [3.63, 3.8) is 0 Å². The third-order valence-corrected chi connectivity index (χ3v) is 5.42. The van der Waals surface area contributed by atoms with Gasteiger partial charge in [0.25, 0.3) is 5.91 Å². The van der Waals surface area contributed by atoms with Crippen molar-refractivity contribution in [1.82, 2.24) is 19.9 Å². The van der Waals surface area contributed by atoms with Crippen LogP contribution in [0.5, 0.6) is 11.5 Å². The molecular weight excluding hydrogens is 407 g/mol. The lowest BCUT2D eigenvalue weighted by Crippen LogP contribution is -2.26. The van der Waals surface area contributed by atoms with E-state index in [0.29, 0.717) is 46.4 Å². The minimum absolute atomic E-state index is 0.236. The molecule has 0 bridgehead atoms. The molecule has 2 heterocycles. The maximum Gasteiger partial charge on any atom is 0.255 e. The van der Waals surface area contributed by atoms with Crippen LogP contribution in [0.25, 0.3) is 16.3 Å². The first-order valence-electron chi connectivity index (χ1n) is 9.18. The summed E-state index contributed by atoms with van der Waals surface area (Å²) in [7, 11) is 3.06. The maximum atomic E-state index is 13.5. The van der Waals surface area contributed by atoms with Crippen LogP contribution in [-0.2, 0) is 6.42 Å². The highest BCUT2D eigenvalue weighted by Gasteiger charge is 2.15. The van der Waals surface area contributed by atoms with Crippen molar-refractivity contribution >= 4 is 22.2 Å². The molecule has 0 unspecified atom stereocenters. The second-order valence-corrected chi connectivity index (χ2v) is 7.28. The van der Waals surface area contributed by atoms with Crippen LogP contribution in [0.3, 0.4) is 0 Å². The van der Waals surface area contributed by atoms with E-state index in [-0.39, 0.29) is 11.7 Å². The lowest BCUT2D eigenvalue weighted by Gasteiger charge is -2.10. The number of rotatable bonds is 7. The molecule has 4 aromatic rings. The Morgan fingerprint density at radius 2 is 2.07 bits per heavy atom. The van der Waals surface area contributed by atoms with Crippen LogP contribution in [0.15, 0.2) is 47.8 Å². The molecular formula is C21H19FN4O3S. The van der Waals surface area contributed by atoms with Crippen molar-refractivity contribution in [3.8, 4) is 22.9 Å². The fraction of sp³-hybridized carbons (Fsp3) is 0.190. The van der Waals surface area contributed by atoms with Crippen molar-refractivity contribution in [2.45, 2.75) is 6.42 Å². The Kier molecular flexibility index (Phi) is 5.62. The predicted molar refractivity (Wildman–Crippen MR) is 112 cm³/mol. The van der Waals surface area contributed by atoms with Gasteiger partial charge in [-0.2, -0.15) is 4.98 Å². The Bertz CT molecular complexity index is 1200. The molecule has 0 atom stereocenters. The lowest BCUT2D eigenvalue weighted by atomic mass is 10.1. The molecule has 9 heteroatoms. The summed E-state index contributed by atoms with van der Waals surface area (Å²) in [5, 5.41) is 9.33. The van der Waals surface area contributed by atoms with Gasteiger partial charge in [-0.1, -0.05) is 12.1 Å². The van der Waals surface area contributed by atoms with E-state index in [9.17, 15) is 9.18 Å². The van der Waals surface area contributed by atoms with Gasteiger partial charge < -0.3 is 14.8 Å². The third kappa shape index (κ3) is 3.97. The number of ether oxygens (including phenoxy) is 2. The summed E-state index contributed by atoms with van der Waals surface area (Å²) in [6, 6.07) is 11.2. The van der Waals surface area contributed by atoms with Crippen LogP contribution in [0.1, 0.15) is 16.1 Å². The summed E-state index contributed by atoms with van der Waals surface area (Å²) in [4.78, 5) is 17.7. The molecule has 1 amide bonds. The molecule has 0 saturated heterocycles. The largest absolute Gasteiger partial charge is 0.497 e. The number of nitrogens with one attached hydrogen (secondary N) is 1. The van der Waals surface area contributed by atoms with Crippen LogP contribution >= 0.6 is 11.3 Å². The Balaban J connectivity index is 1.45. The number of aromatic nitrogens is 3. The van der Waals surface area contributed by atoms with Crippen molar-refractivity contribution in [2.24, 2.45) is 0 Å². The zero-order chi connectivity index (χ0) is 21.1. The molecule has 0 aliphatic carbocycles. The number of nitrogens with zero attached hydrogens (tertiary/aromatic N) is 3. The highest BCUT2D eigenvalue weighted by atomic mass is 32.1. The number of hydrogen-bond donors (Lipinski definition) is 1. The number of amides is 1. The van der Waals surface area contributed by atoms with Crippen molar-refractivity contribution in [2.75, 3.05) is 20.8 Å². The molecule has 0 aliphatic heterocycles. The number of hydrogen-bond acceptors (Lipinski definition) is 6. The van der Waals surface area contributed by atoms with Gasteiger partial charge in [0.2, 0.25) is 4.96 Å². The molecule has 4 rings (SSSR count). The zero-order valence-corrected chi connectivity index (χ0v) is 17.2. The van der Waals surface area contributed by atoms with Gasteiger partial charge in [0, 0.05) is 30.0 Å². The number of carbonyl (C=O) groups is 1. The second kappa shape index (κ2) is 8.50. The highest BCUT2D eigenvalue weighted by molar-refractivity contribution is 7.15. The van der Waals surface area contributed by atoms with Gasteiger partial charge in [-0.05, 0) is 24.3 Å². The van der Waals surface area contributed by atoms with Crippen LogP contribution in [0, 0.1) is 5.82 Å². The molecule has 0 fully saturated rings. The van der Waals surface area contributed by atoms with Crippen LogP contribution in [0.4, 0.5) is 4.39 Å². The quantitative estimate of drug-likeness (QED) is 0.489. The van der Waals surface area contributed by atoms with E-state index in [2.05, 4.69) is 15.4 Å². The van der Waals surface area contributed by atoms with E-state index in [4.69, 9.17) is 9.47 Å². The van der Waals surface area contributed by atoms with Crippen LogP contribution in [0.2, 0.25) is 0 Å². The molecule has 30 heavy (non-hydrogen) atoms. The summed E-state index contributed by atoms with van der Waals surface area (Å²) >= 11 is 1.45. The van der Waals surface area contributed by atoms with Crippen molar-refractivity contribution in [3.05, 3.63) is 64.9 Å². The van der Waals surface area contributed by atoms with E-state index in [1.165, 1.54) is 30.6 Å². The molecule has 7 nitrogen and oxygen atoms in total. The van der Waals surface area contributed by atoms with Gasteiger partial charge in [-0.3, -0.25) is 4.79 Å². The molecule has 0 radical (unpaired) electrons. The SMILES string of the molecule is COc1ccc(C(=O)NCCc2csc3nc(-c4cccc(F)c4)nn23)c(OC)c1. The summed E-state index contributed by atoms with van der Waals surface area (Å²) in [5.74, 6) is 0.960. The molecule has 0 saturated carbocycles. The average molecular weight is 426 g/mol. The average Bonchev–Trinajstić information content (AvgIpc) is 3.35. The molecule has 1 N–H and O–H groups in total. The monoisotopic (exact) mass is 426 g/mol. The fourth-order valence-electron chi connectivity index (χ4n) is 3.03. The fourth-order valence-corrected chi connectivity index (χ4v) is 3.89. The number of benzene rings is 2. The predicted octanol–water partition coefficient (Wildman–Crippen LogP) is 3.59. The Morgan fingerprint density at radius 3 is 2.83 bits per heavy atom. The summed E-state index contributed by atoms with van der Waals surface area (Å²) in [5.41, 5.74) is 1.96. The minimum atomic E-state index is -0.331. The molecule has 2 aromatic heterocycles. The summed E-state index contributed by atoms with van der Waals surface area (Å²) < 4.78 is 25.6. The molecule has 0 aliphatic rings. The van der Waals surface area contributed by atoms with Gasteiger partial charge >= 0.3 is 0 Å². The van der Waals surface area contributed by atoms with E-state index >= 15 is 0 Å². The third-order valence-electron chi connectivity index (χ3n) is 4.55. The van der Waals surface area contributed by atoms with Gasteiger partial charge in [-0.25, -0.2) is 8.91 Å². The van der Waals surface area contributed by atoms with Crippen molar-refractivity contribution < 1.29 is 18.7 Å². The molecule has 154 valence electrons. The number of methoxy groups -OCH3 is 2. The second-order valence-electron chi connectivity index (χ2n) is 6.44. The Morgan fingerprint density at radius 1 is 1.20 bits per heavy atom.